The number of nitrogens with zero attached hydrogens (tertiary/aromatic N) is 3. The standard InChI is InChI=1S/C18H21N5O/c1-23-10-15(12-2-4-13(19)5-3-12)16-17(23)18(22-11-21-16)24-14-6-8-20-9-7-14/h2-5,10-11,14,20H,6-9,19H2,1H3. The van der Waals surface area contributed by atoms with Crippen molar-refractivity contribution in [2.75, 3.05) is 18.8 Å². The molecule has 3 N–H and O–H groups in total. The molecular formula is C18H21N5O. The fraction of sp³-hybridized carbons (Fsp3) is 0.333. The van der Waals surface area contributed by atoms with Crippen molar-refractivity contribution in [3.63, 3.8) is 0 Å². The van der Waals surface area contributed by atoms with Gasteiger partial charge in [-0.15, -0.1) is 0 Å². The number of aromatic nitrogens is 3. The Bertz CT molecular complexity index is 850. The Hall–Kier alpha value is -2.60. The van der Waals surface area contributed by atoms with Gasteiger partial charge >= 0.3 is 0 Å². The van der Waals surface area contributed by atoms with Crippen molar-refractivity contribution in [2.24, 2.45) is 7.05 Å². The first-order valence-electron chi connectivity index (χ1n) is 8.25. The molecule has 24 heavy (non-hydrogen) atoms. The second-order valence-electron chi connectivity index (χ2n) is 6.22. The maximum atomic E-state index is 6.19. The van der Waals surface area contributed by atoms with Gasteiger partial charge in [-0.1, -0.05) is 12.1 Å². The second kappa shape index (κ2) is 6.13. The zero-order valence-electron chi connectivity index (χ0n) is 13.7. The summed E-state index contributed by atoms with van der Waals surface area (Å²) in [6.07, 6.45) is 5.86. The summed E-state index contributed by atoms with van der Waals surface area (Å²) in [5.74, 6) is 0.663. The van der Waals surface area contributed by atoms with Crippen LogP contribution in [0.4, 0.5) is 5.69 Å². The number of benzene rings is 1. The molecule has 0 bridgehead atoms. The van der Waals surface area contributed by atoms with E-state index in [9.17, 15) is 0 Å². The van der Waals surface area contributed by atoms with Crippen molar-refractivity contribution in [3.05, 3.63) is 36.8 Å². The molecule has 0 radical (unpaired) electrons. The molecule has 0 amide bonds. The van der Waals surface area contributed by atoms with Crippen LogP contribution in [0.2, 0.25) is 0 Å². The van der Waals surface area contributed by atoms with Gasteiger partial charge in [0.25, 0.3) is 0 Å². The van der Waals surface area contributed by atoms with Gasteiger partial charge in [0.15, 0.2) is 0 Å². The molecule has 2 aromatic heterocycles. The lowest BCUT2D eigenvalue weighted by Gasteiger charge is -2.23. The van der Waals surface area contributed by atoms with E-state index >= 15 is 0 Å². The fourth-order valence-corrected chi connectivity index (χ4v) is 3.23. The Balaban J connectivity index is 1.76. The molecule has 0 aliphatic carbocycles. The lowest BCUT2D eigenvalue weighted by molar-refractivity contribution is 0.157. The molecule has 1 aromatic carbocycles. The third-order valence-corrected chi connectivity index (χ3v) is 4.51. The van der Waals surface area contributed by atoms with Gasteiger partial charge in [-0.3, -0.25) is 0 Å². The highest BCUT2D eigenvalue weighted by Gasteiger charge is 2.20. The zero-order valence-corrected chi connectivity index (χ0v) is 13.7. The van der Waals surface area contributed by atoms with Gasteiger partial charge < -0.3 is 20.4 Å². The normalized spacial score (nSPS) is 15.7. The molecule has 0 unspecified atom stereocenters. The van der Waals surface area contributed by atoms with E-state index in [0.29, 0.717) is 5.88 Å². The molecule has 6 nitrogen and oxygen atoms in total. The molecule has 0 spiro atoms. The van der Waals surface area contributed by atoms with Crippen molar-refractivity contribution >= 4 is 16.7 Å². The van der Waals surface area contributed by atoms with Gasteiger partial charge in [-0.05, 0) is 43.6 Å². The van der Waals surface area contributed by atoms with Gasteiger partial charge in [0.1, 0.15) is 23.5 Å². The highest BCUT2D eigenvalue weighted by Crippen LogP contribution is 2.33. The van der Waals surface area contributed by atoms with Gasteiger partial charge in [-0.2, -0.15) is 4.98 Å². The molecule has 1 aliphatic heterocycles. The molecule has 0 saturated carbocycles. The molecule has 6 heteroatoms. The first-order valence-corrected chi connectivity index (χ1v) is 8.25. The Morgan fingerprint density at radius 1 is 1.17 bits per heavy atom. The Labute approximate surface area is 140 Å². The Morgan fingerprint density at radius 3 is 2.67 bits per heavy atom. The Morgan fingerprint density at radius 2 is 1.92 bits per heavy atom. The number of nitrogens with two attached hydrogens (primary N) is 1. The van der Waals surface area contributed by atoms with E-state index < -0.39 is 0 Å². The minimum atomic E-state index is 0.208. The summed E-state index contributed by atoms with van der Waals surface area (Å²) in [5, 5.41) is 3.35. The SMILES string of the molecule is Cn1cc(-c2ccc(N)cc2)c2ncnc(OC3CCNCC3)c21. The van der Waals surface area contributed by atoms with Gasteiger partial charge in [0, 0.05) is 24.5 Å². The van der Waals surface area contributed by atoms with Crippen LogP contribution in [0, 0.1) is 0 Å². The molecule has 124 valence electrons. The van der Waals surface area contributed by atoms with E-state index in [4.69, 9.17) is 10.5 Å². The Kier molecular flexibility index (Phi) is 3.82. The molecule has 3 aromatic rings. The van der Waals surface area contributed by atoms with E-state index in [1.54, 1.807) is 6.33 Å². The lowest BCUT2D eigenvalue weighted by atomic mass is 10.1. The van der Waals surface area contributed by atoms with E-state index in [1.165, 1.54) is 0 Å². The number of fused-ring (bicyclic) bond motifs is 1. The molecule has 1 aliphatic rings. The first-order chi connectivity index (χ1) is 11.7. The number of nitrogen functional groups attached to an aromatic ring is 1. The monoisotopic (exact) mass is 323 g/mol. The fourth-order valence-electron chi connectivity index (χ4n) is 3.23. The van der Waals surface area contributed by atoms with Gasteiger partial charge in [-0.25, -0.2) is 4.98 Å². The van der Waals surface area contributed by atoms with Crippen molar-refractivity contribution in [1.29, 1.82) is 0 Å². The summed E-state index contributed by atoms with van der Waals surface area (Å²) in [6, 6.07) is 7.84. The number of rotatable bonds is 3. The van der Waals surface area contributed by atoms with Gasteiger partial charge in [0.2, 0.25) is 5.88 Å². The summed E-state index contributed by atoms with van der Waals surface area (Å²) in [4.78, 5) is 8.89. The average Bonchev–Trinajstić information content (AvgIpc) is 2.95. The average molecular weight is 323 g/mol. The predicted octanol–water partition coefficient (Wildman–Crippen LogP) is 2.35. The van der Waals surface area contributed by atoms with E-state index in [-0.39, 0.29) is 6.10 Å². The van der Waals surface area contributed by atoms with E-state index in [1.807, 2.05) is 35.9 Å². The summed E-state index contributed by atoms with van der Waals surface area (Å²) in [5.41, 5.74) is 10.5. The van der Waals surface area contributed by atoms with Crippen molar-refractivity contribution < 1.29 is 4.74 Å². The zero-order chi connectivity index (χ0) is 16.5. The summed E-state index contributed by atoms with van der Waals surface area (Å²) in [6.45, 7) is 1.98. The van der Waals surface area contributed by atoms with E-state index in [2.05, 4.69) is 21.5 Å². The van der Waals surface area contributed by atoms with Crippen molar-refractivity contribution in [2.45, 2.75) is 18.9 Å². The van der Waals surface area contributed by atoms with Crippen LogP contribution in [-0.4, -0.2) is 33.7 Å². The predicted molar refractivity (Wildman–Crippen MR) is 94.9 cm³/mol. The van der Waals surface area contributed by atoms with Gasteiger partial charge in [0.05, 0.1) is 0 Å². The number of hydrogen-bond acceptors (Lipinski definition) is 5. The number of nitrogens with one attached hydrogen (secondary N) is 1. The van der Waals surface area contributed by atoms with Crippen LogP contribution in [0.3, 0.4) is 0 Å². The van der Waals surface area contributed by atoms with Crippen LogP contribution in [0.15, 0.2) is 36.8 Å². The van der Waals surface area contributed by atoms with Crippen LogP contribution in [0.1, 0.15) is 12.8 Å². The molecule has 1 saturated heterocycles. The topological polar surface area (TPSA) is 78.0 Å². The number of piperidine rings is 1. The summed E-state index contributed by atoms with van der Waals surface area (Å²) < 4.78 is 8.22. The van der Waals surface area contributed by atoms with Crippen LogP contribution >= 0.6 is 0 Å². The quantitative estimate of drug-likeness (QED) is 0.724. The van der Waals surface area contributed by atoms with E-state index in [0.717, 1.165) is 53.8 Å². The second-order valence-corrected chi connectivity index (χ2v) is 6.22. The third kappa shape index (κ3) is 2.69. The summed E-state index contributed by atoms with van der Waals surface area (Å²) in [7, 11) is 2.00. The summed E-state index contributed by atoms with van der Waals surface area (Å²) >= 11 is 0. The minimum absolute atomic E-state index is 0.208. The molecule has 1 fully saturated rings. The van der Waals surface area contributed by atoms with Crippen LogP contribution in [0.5, 0.6) is 5.88 Å². The number of anilines is 1. The third-order valence-electron chi connectivity index (χ3n) is 4.51. The highest BCUT2D eigenvalue weighted by molar-refractivity contribution is 5.95. The lowest BCUT2D eigenvalue weighted by Crippen LogP contribution is -2.34. The molecule has 0 atom stereocenters. The minimum Gasteiger partial charge on any atom is -0.473 e. The van der Waals surface area contributed by atoms with Crippen LogP contribution in [0.25, 0.3) is 22.2 Å². The van der Waals surface area contributed by atoms with Crippen molar-refractivity contribution in [3.8, 4) is 17.0 Å². The largest absolute Gasteiger partial charge is 0.473 e. The molecule has 4 rings (SSSR count). The highest BCUT2D eigenvalue weighted by atomic mass is 16.5. The number of aryl methyl sites for hydroxylation is 1. The first kappa shape index (κ1) is 15.0. The molecule has 3 heterocycles. The smallest absolute Gasteiger partial charge is 0.242 e. The van der Waals surface area contributed by atoms with Crippen LogP contribution in [-0.2, 0) is 7.05 Å². The van der Waals surface area contributed by atoms with Crippen LogP contribution < -0.4 is 15.8 Å². The molecular weight excluding hydrogens is 302 g/mol. The number of hydrogen-bond donors (Lipinski definition) is 2. The van der Waals surface area contributed by atoms with Crippen molar-refractivity contribution in [1.82, 2.24) is 19.9 Å². The maximum absolute atomic E-state index is 6.19. The maximum Gasteiger partial charge on any atom is 0.242 e. The number of ether oxygens (including phenoxy) is 1.